The van der Waals surface area contributed by atoms with E-state index in [-0.39, 0.29) is 11.8 Å². The summed E-state index contributed by atoms with van der Waals surface area (Å²) < 4.78 is 7.09. The lowest BCUT2D eigenvalue weighted by atomic mass is 10.1. The van der Waals surface area contributed by atoms with Gasteiger partial charge in [-0.3, -0.25) is 4.79 Å². The molecule has 8 nitrogen and oxygen atoms in total. The fraction of sp³-hybridized carbons (Fsp3) is 0.455. The molecule has 164 valence electrons. The second-order valence-corrected chi connectivity index (χ2v) is 8.42. The summed E-state index contributed by atoms with van der Waals surface area (Å²) in [6.45, 7) is 8.86. The summed E-state index contributed by atoms with van der Waals surface area (Å²) in [7, 11) is 1.63. The van der Waals surface area contributed by atoms with Gasteiger partial charge in [-0.1, -0.05) is 37.6 Å². The summed E-state index contributed by atoms with van der Waals surface area (Å²) in [5, 5.41) is 6.23. The molecule has 1 aliphatic heterocycles. The summed E-state index contributed by atoms with van der Waals surface area (Å²) in [6.07, 6.45) is 0. The van der Waals surface area contributed by atoms with Gasteiger partial charge < -0.3 is 14.5 Å². The number of rotatable bonds is 5. The predicted octanol–water partition coefficient (Wildman–Crippen LogP) is 3.23. The number of aryl methyl sites for hydroxylation is 1. The van der Waals surface area contributed by atoms with E-state index < -0.39 is 0 Å². The fourth-order valence-electron chi connectivity index (χ4n) is 3.92. The average molecular weight is 443 g/mol. The molecule has 2 aromatic heterocycles. The van der Waals surface area contributed by atoms with Crippen molar-refractivity contribution >= 4 is 34.4 Å². The van der Waals surface area contributed by atoms with Gasteiger partial charge in [0.2, 0.25) is 5.91 Å². The Bertz CT molecular complexity index is 1100. The molecular weight excluding hydrogens is 416 g/mol. The number of para-hydroxylation sites is 1. The van der Waals surface area contributed by atoms with E-state index in [4.69, 9.17) is 31.4 Å². The van der Waals surface area contributed by atoms with Crippen molar-refractivity contribution in [2.75, 3.05) is 38.2 Å². The molecule has 1 aromatic carbocycles. The van der Waals surface area contributed by atoms with Gasteiger partial charge in [-0.15, -0.1) is 0 Å². The van der Waals surface area contributed by atoms with Crippen LogP contribution in [0, 0.1) is 12.8 Å². The Balaban J connectivity index is 1.77. The smallest absolute Gasteiger partial charge is 0.225 e. The first-order valence-electron chi connectivity index (χ1n) is 10.4. The van der Waals surface area contributed by atoms with E-state index in [0.29, 0.717) is 49.3 Å². The molecule has 0 N–H and O–H groups in total. The number of fused-ring (bicyclic) bond motifs is 1. The molecule has 1 saturated heterocycles. The second kappa shape index (κ2) is 8.80. The van der Waals surface area contributed by atoms with Crippen molar-refractivity contribution in [2.24, 2.45) is 5.92 Å². The maximum Gasteiger partial charge on any atom is 0.225 e. The van der Waals surface area contributed by atoms with Crippen molar-refractivity contribution in [2.45, 2.75) is 27.4 Å². The largest absolute Gasteiger partial charge is 0.377 e. The molecule has 1 aliphatic rings. The highest BCUT2D eigenvalue weighted by Gasteiger charge is 2.27. The monoisotopic (exact) mass is 442 g/mol. The number of anilines is 1. The van der Waals surface area contributed by atoms with Crippen LogP contribution in [0.5, 0.6) is 0 Å². The highest BCUT2D eigenvalue weighted by Crippen LogP contribution is 2.31. The summed E-state index contributed by atoms with van der Waals surface area (Å²) in [4.78, 5) is 26.1. The van der Waals surface area contributed by atoms with Gasteiger partial charge in [0.05, 0.1) is 21.8 Å². The average Bonchev–Trinajstić information content (AvgIpc) is 3.09. The molecule has 3 heterocycles. The van der Waals surface area contributed by atoms with Gasteiger partial charge in [-0.05, 0) is 19.1 Å². The number of nitrogens with zero attached hydrogens (tertiary/aromatic N) is 6. The summed E-state index contributed by atoms with van der Waals surface area (Å²) in [6, 6.07) is 7.57. The number of benzene rings is 1. The van der Waals surface area contributed by atoms with Crippen LogP contribution in [0.1, 0.15) is 25.4 Å². The Morgan fingerprint density at radius 2 is 1.87 bits per heavy atom. The van der Waals surface area contributed by atoms with Crippen molar-refractivity contribution in [3.05, 3.63) is 40.8 Å². The SMILES string of the molecule is COCc1nc(N2CCN(C(=O)C(C)C)CC2)c2c(C)nn(-c3ccccc3Cl)c2n1. The number of halogens is 1. The lowest BCUT2D eigenvalue weighted by Gasteiger charge is -2.36. The van der Waals surface area contributed by atoms with Crippen LogP contribution in [0.2, 0.25) is 5.02 Å². The van der Waals surface area contributed by atoms with Crippen molar-refractivity contribution in [3.63, 3.8) is 0 Å². The van der Waals surface area contributed by atoms with Gasteiger partial charge in [0.1, 0.15) is 12.4 Å². The van der Waals surface area contributed by atoms with Crippen LogP contribution >= 0.6 is 11.6 Å². The molecule has 0 bridgehead atoms. The highest BCUT2D eigenvalue weighted by molar-refractivity contribution is 6.32. The summed E-state index contributed by atoms with van der Waals surface area (Å²) >= 11 is 6.45. The maximum atomic E-state index is 12.4. The molecule has 0 unspecified atom stereocenters. The number of amides is 1. The highest BCUT2D eigenvalue weighted by atomic mass is 35.5. The van der Waals surface area contributed by atoms with Crippen molar-refractivity contribution in [3.8, 4) is 5.69 Å². The van der Waals surface area contributed by atoms with E-state index >= 15 is 0 Å². The standard InChI is InChI=1S/C22H27ClN6O2/c1-14(2)22(30)28-11-9-27(10-12-28)20-19-15(3)26-29(17-8-6-5-7-16(17)23)21(19)25-18(24-20)13-31-4/h5-8,14H,9-13H2,1-4H3. The number of piperazine rings is 1. The zero-order valence-electron chi connectivity index (χ0n) is 18.3. The number of methoxy groups -OCH3 is 1. The zero-order valence-corrected chi connectivity index (χ0v) is 19.1. The summed E-state index contributed by atoms with van der Waals surface area (Å²) in [5.41, 5.74) is 2.29. The minimum atomic E-state index is 0.00158. The van der Waals surface area contributed by atoms with Crippen molar-refractivity contribution in [1.29, 1.82) is 0 Å². The number of ether oxygens (including phenoxy) is 1. The third kappa shape index (κ3) is 4.09. The van der Waals surface area contributed by atoms with E-state index in [0.717, 1.165) is 22.6 Å². The molecule has 0 aliphatic carbocycles. The lowest BCUT2D eigenvalue weighted by Crippen LogP contribution is -2.50. The van der Waals surface area contributed by atoms with Crippen molar-refractivity contribution in [1.82, 2.24) is 24.6 Å². The normalized spacial score (nSPS) is 14.6. The molecule has 1 amide bonds. The van der Waals surface area contributed by atoms with Crippen LogP contribution < -0.4 is 4.90 Å². The van der Waals surface area contributed by atoms with Gasteiger partial charge in [-0.25, -0.2) is 14.6 Å². The number of hydrogen-bond donors (Lipinski definition) is 0. The number of carbonyl (C=O) groups excluding carboxylic acids is 1. The maximum absolute atomic E-state index is 12.4. The van der Waals surface area contributed by atoms with Crippen LogP contribution in [-0.4, -0.2) is 63.8 Å². The quantitative estimate of drug-likeness (QED) is 0.603. The van der Waals surface area contributed by atoms with Crippen LogP contribution in [0.4, 0.5) is 5.82 Å². The second-order valence-electron chi connectivity index (χ2n) is 8.01. The molecule has 0 radical (unpaired) electrons. The lowest BCUT2D eigenvalue weighted by molar-refractivity contribution is -0.134. The third-order valence-corrected chi connectivity index (χ3v) is 5.79. The molecule has 31 heavy (non-hydrogen) atoms. The van der Waals surface area contributed by atoms with E-state index in [1.807, 2.05) is 49.9 Å². The van der Waals surface area contributed by atoms with E-state index in [1.54, 1.807) is 11.8 Å². The Morgan fingerprint density at radius 1 is 1.16 bits per heavy atom. The van der Waals surface area contributed by atoms with Gasteiger partial charge >= 0.3 is 0 Å². The fourth-order valence-corrected chi connectivity index (χ4v) is 4.14. The molecule has 0 saturated carbocycles. The Labute approximate surface area is 186 Å². The van der Waals surface area contributed by atoms with Crippen LogP contribution in [0.25, 0.3) is 16.7 Å². The molecule has 1 fully saturated rings. The Kier molecular flexibility index (Phi) is 6.11. The molecule has 3 aromatic rings. The first-order valence-corrected chi connectivity index (χ1v) is 10.8. The zero-order chi connectivity index (χ0) is 22.1. The molecule has 0 atom stereocenters. The Morgan fingerprint density at radius 3 is 2.52 bits per heavy atom. The van der Waals surface area contributed by atoms with Gasteiger partial charge in [-0.2, -0.15) is 5.10 Å². The number of carbonyl (C=O) groups is 1. The number of hydrogen-bond acceptors (Lipinski definition) is 6. The van der Waals surface area contributed by atoms with Crippen LogP contribution in [0.3, 0.4) is 0 Å². The third-order valence-electron chi connectivity index (χ3n) is 5.47. The summed E-state index contributed by atoms with van der Waals surface area (Å²) in [5.74, 6) is 1.60. The van der Waals surface area contributed by atoms with E-state index in [2.05, 4.69) is 4.90 Å². The van der Waals surface area contributed by atoms with Gasteiger partial charge in [0, 0.05) is 39.2 Å². The minimum absolute atomic E-state index is 0.00158. The molecule has 4 rings (SSSR count). The molecular formula is C22H27ClN6O2. The van der Waals surface area contributed by atoms with Gasteiger partial charge in [0.15, 0.2) is 11.5 Å². The van der Waals surface area contributed by atoms with E-state index in [1.165, 1.54) is 0 Å². The number of aromatic nitrogens is 4. The minimum Gasteiger partial charge on any atom is -0.377 e. The Hall–Kier alpha value is -2.71. The molecule has 0 spiro atoms. The first-order chi connectivity index (χ1) is 14.9. The first kappa shape index (κ1) is 21.5. The molecule has 9 heteroatoms. The van der Waals surface area contributed by atoms with Crippen LogP contribution in [-0.2, 0) is 16.1 Å². The predicted molar refractivity (Wildman–Crippen MR) is 121 cm³/mol. The van der Waals surface area contributed by atoms with Crippen molar-refractivity contribution < 1.29 is 9.53 Å². The van der Waals surface area contributed by atoms with Crippen LogP contribution in [0.15, 0.2) is 24.3 Å². The van der Waals surface area contributed by atoms with E-state index in [9.17, 15) is 4.79 Å². The van der Waals surface area contributed by atoms with Gasteiger partial charge in [0.25, 0.3) is 0 Å². The topological polar surface area (TPSA) is 76.4 Å².